The van der Waals surface area contributed by atoms with Gasteiger partial charge in [-0.05, 0) is 46.9 Å². The normalized spacial score (nSPS) is 11.0. The minimum absolute atomic E-state index is 0.240. The summed E-state index contributed by atoms with van der Waals surface area (Å²) in [6.45, 7) is -0.486. The second kappa shape index (κ2) is 7.76. The highest BCUT2D eigenvalue weighted by atomic mass is 127. The number of sulfonamides is 1. The Kier molecular flexibility index (Phi) is 5.92. The first-order chi connectivity index (χ1) is 11.7. The van der Waals surface area contributed by atoms with Gasteiger partial charge in [0.2, 0.25) is 10.0 Å². The van der Waals surface area contributed by atoms with E-state index in [4.69, 9.17) is 9.88 Å². The van der Waals surface area contributed by atoms with E-state index in [0.717, 1.165) is 21.8 Å². The number of nitro groups is 1. The molecular formula is C14H12IN3O6S. The minimum atomic E-state index is -4.09. The number of amides is 1. The Hall–Kier alpha value is -2.25. The number of nitrogens with two attached hydrogens (primary N) is 1. The monoisotopic (exact) mass is 477 g/mol. The van der Waals surface area contributed by atoms with Gasteiger partial charge in [-0.25, -0.2) is 13.6 Å². The maximum absolute atomic E-state index is 11.9. The summed E-state index contributed by atoms with van der Waals surface area (Å²) >= 11 is 2.05. The van der Waals surface area contributed by atoms with E-state index in [1.165, 1.54) is 0 Å². The zero-order chi connectivity index (χ0) is 18.6. The molecule has 0 unspecified atom stereocenters. The van der Waals surface area contributed by atoms with E-state index in [-0.39, 0.29) is 5.75 Å². The molecule has 0 aliphatic carbocycles. The molecule has 2 rings (SSSR count). The molecule has 9 nitrogen and oxygen atoms in total. The van der Waals surface area contributed by atoms with Crippen LogP contribution in [0.5, 0.6) is 5.75 Å². The largest absolute Gasteiger partial charge is 0.477 e. The van der Waals surface area contributed by atoms with Crippen molar-refractivity contribution in [1.29, 1.82) is 0 Å². The summed E-state index contributed by atoms with van der Waals surface area (Å²) in [5.74, 6) is -0.760. The van der Waals surface area contributed by atoms with Crippen LogP contribution in [-0.2, 0) is 14.8 Å². The van der Waals surface area contributed by atoms with Gasteiger partial charge in [0.05, 0.1) is 15.5 Å². The molecule has 0 radical (unpaired) electrons. The highest BCUT2D eigenvalue weighted by Crippen LogP contribution is 2.29. The molecule has 0 spiro atoms. The summed E-state index contributed by atoms with van der Waals surface area (Å²) in [5.41, 5.74) is -0.0237. The van der Waals surface area contributed by atoms with Crippen LogP contribution in [0.25, 0.3) is 0 Å². The molecule has 2 aromatic carbocycles. The van der Waals surface area contributed by atoms with E-state index in [2.05, 4.69) is 5.32 Å². The Morgan fingerprint density at radius 1 is 1.28 bits per heavy atom. The van der Waals surface area contributed by atoms with Crippen molar-refractivity contribution in [2.24, 2.45) is 5.14 Å². The van der Waals surface area contributed by atoms with Crippen LogP contribution in [0.1, 0.15) is 0 Å². The van der Waals surface area contributed by atoms with Gasteiger partial charge in [0.1, 0.15) is 0 Å². The zero-order valence-corrected chi connectivity index (χ0v) is 15.5. The average molecular weight is 477 g/mol. The van der Waals surface area contributed by atoms with Gasteiger partial charge >= 0.3 is 5.69 Å². The number of carbonyl (C=O) groups is 1. The Morgan fingerprint density at radius 2 is 1.96 bits per heavy atom. The average Bonchev–Trinajstić information content (AvgIpc) is 2.54. The summed E-state index contributed by atoms with van der Waals surface area (Å²) < 4.78 is 28.5. The number of halogens is 1. The Bertz CT molecular complexity index is 932. The van der Waals surface area contributed by atoms with E-state index < -0.39 is 38.0 Å². The number of benzene rings is 2. The second-order valence-electron chi connectivity index (χ2n) is 4.75. The lowest BCUT2D eigenvalue weighted by Gasteiger charge is -2.09. The summed E-state index contributed by atoms with van der Waals surface area (Å²) in [6.07, 6.45) is 0. The van der Waals surface area contributed by atoms with Crippen LogP contribution in [0.15, 0.2) is 47.4 Å². The van der Waals surface area contributed by atoms with Crippen molar-refractivity contribution in [2.45, 2.75) is 4.90 Å². The van der Waals surface area contributed by atoms with Gasteiger partial charge in [-0.1, -0.05) is 12.1 Å². The maximum Gasteiger partial charge on any atom is 0.312 e. The fraction of sp³-hybridized carbons (Fsp3) is 0.0714. The number of primary sulfonamides is 1. The van der Waals surface area contributed by atoms with Crippen molar-refractivity contribution in [3.8, 4) is 5.75 Å². The molecule has 3 N–H and O–H groups in total. The van der Waals surface area contributed by atoms with Gasteiger partial charge in [-0.2, -0.15) is 0 Å². The van der Waals surface area contributed by atoms with E-state index >= 15 is 0 Å². The number of hydrogen-bond acceptors (Lipinski definition) is 6. The van der Waals surface area contributed by atoms with E-state index in [9.17, 15) is 23.3 Å². The zero-order valence-electron chi connectivity index (χ0n) is 12.5. The molecular weight excluding hydrogens is 465 g/mol. The molecule has 0 aliphatic rings. The highest BCUT2D eigenvalue weighted by Gasteiger charge is 2.21. The van der Waals surface area contributed by atoms with Gasteiger partial charge < -0.3 is 10.1 Å². The number of hydrogen-bond donors (Lipinski definition) is 2. The molecule has 11 heteroatoms. The molecule has 2 aromatic rings. The third-order valence-corrected chi connectivity index (χ3v) is 4.81. The summed E-state index contributed by atoms with van der Waals surface area (Å²) in [6, 6.07) is 9.98. The lowest BCUT2D eigenvalue weighted by molar-refractivity contribution is -0.386. The number of rotatable bonds is 6. The molecule has 0 bridgehead atoms. The van der Waals surface area contributed by atoms with Crippen LogP contribution < -0.4 is 15.2 Å². The number of ether oxygens (including phenoxy) is 1. The first-order valence-corrected chi connectivity index (χ1v) is 9.29. The van der Waals surface area contributed by atoms with Gasteiger partial charge in [0.15, 0.2) is 12.4 Å². The second-order valence-corrected chi connectivity index (χ2v) is 7.47. The first-order valence-electron chi connectivity index (χ1n) is 6.67. The minimum Gasteiger partial charge on any atom is -0.477 e. The van der Waals surface area contributed by atoms with Gasteiger partial charge in [-0.15, -0.1) is 0 Å². The topological polar surface area (TPSA) is 142 Å². The van der Waals surface area contributed by atoms with Crippen molar-refractivity contribution < 1.29 is 22.9 Å². The molecule has 0 fully saturated rings. The van der Waals surface area contributed by atoms with Crippen LogP contribution in [0.2, 0.25) is 0 Å². The standard InChI is InChI=1S/C14H12IN3O6S/c15-10-3-1-2-4-11(10)17-14(19)8-24-13-6-5-9(25(16,22)23)7-12(13)18(20)21/h1-7H,8H2,(H,17,19)(H2,16,22,23). The van der Waals surface area contributed by atoms with Crippen LogP contribution in [0.3, 0.4) is 0 Å². The molecule has 132 valence electrons. The summed E-state index contributed by atoms with van der Waals surface area (Å²) in [7, 11) is -4.09. The van der Waals surface area contributed by atoms with Crippen LogP contribution in [-0.4, -0.2) is 25.9 Å². The Balaban J connectivity index is 2.13. The van der Waals surface area contributed by atoms with Crippen molar-refractivity contribution in [3.05, 3.63) is 56.1 Å². The van der Waals surface area contributed by atoms with Gasteiger partial charge in [-0.3, -0.25) is 14.9 Å². The van der Waals surface area contributed by atoms with Crippen LogP contribution in [0, 0.1) is 13.7 Å². The predicted molar refractivity (Wildman–Crippen MR) is 97.8 cm³/mol. The molecule has 0 aromatic heterocycles. The molecule has 0 saturated heterocycles. The van der Waals surface area contributed by atoms with Crippen LogP contribution >= 0.6 is 22.6 Å². The fourth-order valence-corrected chi connectivity index (χ4v) is 2.89. The highest BCUT2D eigenvalue weighted by molar-refractivity contribution is 14.1. The molecule has 0 saturated carbocycles. The number of para-hydroxylation sites is 1. The Morgan fingerprint density at radius 3 is 2.56 bits per heavy atom. The lowest BCUT2D eigenvalue weighted by atomic mass is 10.3. The molecule has 25 heavy (non-hydrogen) atoms. The van der Waals surface area contributed by atoms with Crippen LogP contribution in [0.4, 0.5) is 11.4 Å². The third kappa shape index (κ3) is 5.11. The maximum atomic E-state index is 11.9. The molecule has 0 atom stereocenters. The molecule has 0 aliphatic heterocycles. The van der Waals surface area contributed by atoms with Crippen molar-refractivity contribution in [1.82, 2.24) is 0 Å². The number of nitro benzene ring substituents is 1. The number of anilines is 1. The number of carbonyl (C=O) groups excluding carboxylic acids is 1. The molecule has 0 heterocycles. The van der Waals surface area contributed by atoms with Gasteiger partial charge in [0.25, 0.3) is 5.91 Å². The SMILES string of the molecule is NS(=O)(=O)c1ccc(OCC(=O)Nc2ccccc2I)c([N+](=O)[O-])c1. The number of nitrogens with one attached hydrogen (secondary N) is 1. The summed E-state index contributed by atoms with van der Waals surface area (Å²) in [4.78, 5) is 21.8. The van der Waals surface area contributed by atoms with E-state index in [1.807, 2.05) is 28.7 Å². The summed E-state index contributed by atoms with van der Waals surface area (Å²) in [5, 5.41) is 18.6. The lowest BCUT2D eigenvalue weighted by Crippen LogP contribution is -2.21. The van der Waals surface area contributed by atoms with E-state index in [0.29, 0.717) is 5.69 Å². The third-order valence-electron chi connectivity index (χ3n) is 2.96. The fourth-order valence-electron chi connectivity index (χ4n) is 1.83. The first kappa shape index (κ1) is 19.1. The number of nitrogens with zero attached hydrogens (tertiary/aromatic N) is 1. The predicted octanol–water partition coefficient (Wildman–Crippen LogP) is 1.86. The van der Waals surface area contributed by atoms with E-state index in [1.54, 1.807) is 18.2 Å². The smallest absolute Gasteiger partial charge is 0.312 e. The van der Waals surface area contributed by atoms with Crippen molar-refractivity contribution in [3.63, 3.8) is 0 Å². The Labute approximate surface area is 156 Å². The quantitative estimate of drug-likeness (QED) is 0.370. The molecule has 1 amide bonds. The van der Waals surface area contributed by atoms with Crippen molar-refractivity contribution >= 4 is 49.9 Å². The van der Waals surface area contributed by atoms with Gasteiger partial charge in [0, 0.05) is 9.64 Å². The van der Waals surface area contributed by atoms with Crippen molar-refractivity contribution in [2.75, 3.05) is 11.9 Å².